The second-order valence-corrected chi connectivity index (χ2v) is 3.89. The Kier molecular flexibility index (Phi) is 2.58. The summed E-state index contributed by atoms with van der Waals surface area (Å²) in [5.74, 6) is 0.0281. The number of nitro groups is 1. The number of pyridine rings is 1. The summed E-state index contributed by atoms with van der Waals surface area (Å²) in [6, 6.07) is 8.16. The van der Waals surface area contributed by atoms with E-state index < -0.39 is 4.92 Å². The van der Waals surface area contributed by atoms with Crippen LogP contribution in [0.3, 0.4) is 0 Å². The predicted octanol–water partition coefficient (Wildman–Crippen LogP) is 1.60. The van der Waals surface area contributed by atoms with Gasteiger partial charge in [0.1, 0.15) is 17.9 Å². The van der Waals surface area contributed by atoms with Crippen LogP contribution in [-0.4, -0.2) is 24.7 Å². The molecule has 0 aliphatic rings. The van der Waals surface area contributed by atoms with Gasteiger partial charge in [0, 0.05) is 17.6 Å². The van der Waals surface area contributed by atoms with Crippen LogP contribution in [0.25, 0.3) is 16.6 Å². The third kappa shape index (κ3) is 1.74. The molecule has 2 aromatic heterocycles. The number of para-hydroxylation sites is 1. The van der Waals surface area contributed by atoms with E-state index in [2.05, 4.69) is 15.1 Å². The average molecular weight is 266 g/mol. The lowest BCUT2D eigenvalue weighted by Crippen LogP contribution is -1.99. The molecule has 0 amide bonds. The molecule has 20 heavy (non-hydrogen) atoms. The van der Waals surface area contributed by atoms with Crippen LogP contribution in [0, 0.1) is 21.4 Å². The van der Waals surface area contributed by atoms with Crippen molar-refractivity contribution in [3.05, 3.63) is 52.7 Å². The van der Waals surface area contributed by atoms with Gasteiger partial charge >= 0.3 is 0 Å². The van der Waals surface area contributed by atoms with Gasteiger partial charge in [0.25, 0.3) is 11.5 Å². The van der Waals surface area contributed by atoms with E-state index in [-0.39, 0.29) is 17.0 Å². The van der Waals surface area contributed by atoms with Crippen LogP contribution in [-0.2, 0) is 0 Å². The summed E-state index contributed by atoms with van der Waals surface area (Å²) in [4.78, 5) is 18.4. The van der Waals surface area contributed by atoms with Gasteiger partial charge in [-0.2, -0.15) is 5.26 Å². The molecule has 0 bridgehead atoms. The highest BCUT2D eigenvalue weighted by Crippen LogP contribution is 2.27. The number of hydrogen-bond acceptors (Lipinski definition) is 6. The number of nitriles is 1. The monoisotopic (exact) mass is 266 g/mol. The normalized spacial score (nSPS) is 10.3. The quantitative estimate of drug-likeness (QED) is 0.514. The Morgan fingerprint density at radius 2 is 2.15 bits per heavy atom. The SMILES string of the molecule is N#Cc1ncn(-c2ccnc3c([N+](=O)[O-])cccc23)n1. The van der Waals surface area contributed by atoms with Crippen molar-refractivity contribution in [2.45, 2.75) is 0 Å². The van der Waals surface area contributed by atoms with Crippen LogP contribution in [0.15, 0.2) is 36.8 Å². The zero-order valence-electron chi connectivity index (χ0n) is 9.96. The molecule has 0 atom stereocenters. The van der Waals surface area contributed by atoms with E-state index >= 15 is 0 Å². The molecule has 3 aromatic rings. The van der Waals surface area contributed by atoms with Crippen molar-refractivity contribution in [2.75, 3.05) is 0 Å². The molecule has 2 heterocycles. The van der Waals surface area contributed by atoms with Gasteiger partial charge in [0.05, 0.1) is 10.6 Å². The van der Waals surface area contributed by atoms with E-state index in [4.69, 9.17) is 5.26 Å². The highest BCUT2D eigenvalue weighted by molar-refractivity contribution is 5.93. The largest absolute Gasteiger partial charge is 0.295 e. The maximum Gasteiger partial charge on any atom is 0.295 e. The molecule has 0 spiro atoms. The van der Waals surface area contributed by atoms with E-state index in [0.29, 0.717) is 11.1 Å². The molecule has 0 aliphatic carbocycles. The number of hydrogen-bond donors (Lipinski definition) is 0. The number of nitrogens with zero attached hydrogens (tertiary/aromatic N) is 6. The maximum atomic E-state index is 11.0. The van der Waals surface area contributed by atoms with Gasteiger partial charge in [0.2, 0.25) is 0 Å². The number of aromatic nitrogens is 4. The Balaban J connectivity index is 2.30. The van der Waals surface area contributed by atoms with Crippen molar-refractivity contribution >= 4 is 16.6 Å². The molecule has 3 rings (SSSR count). The van der Waals surface area contributed by atoms with Gasteiger partial charge in [-0.15, -0.1) is 5.10 Å². The van der Waals surface area contributed by atoms with Gasteiger partial charge in [-0.3, -0.25) is 10.1 Å². The molecule has 1 aromatic carbocycles. The van der Waals surface area contributed by atoms with E-state index in [1.807, 2.05) is 6.07 Å². The van der Waals surface area contributed by atoms with Crippen LogP contribution in [0.4, 0.5) is 5.69 Å². The Bertz CT molecular complexity index is 864. The lowest BCUT2D eigenvalue weighted by atomic mass is 10.1. The molecule has 8 nitrogen and oxygen atoms in total. The molecule has 0 radical (unpaired) electrons. The van der Waals surface area contributed by atoms with Gasteiger partial charge in [-0.1, -0.05) is 12.1 Å². The fourth-order valence-corrected chi connectivity index (χ4v) is 1.92. The number of fused-ring (bicyclic) bond motifs is 1. The first kappa shape index (κ1) is 11.7. The van der Waals surface area contributed by atoms with Gasteiger partial charge in [-0.25, -0.2) is 14.6 Å². The smallest absolute Gasteiger partial charge is 0.258 e. The second kappa shape index (κ2) is 4.40. The first-order valence-electron chi connectivity index (χ1n) is 5.55. The minimum absolute atomic E-state index is 0.0281. The number of benzene rings is 1. The maximum absolute atomic E-state index is 11.0. The van der Waals surface area contributed by atoms with Crippen molar-refractivity contribution in [2.24, 2.45) is 0 Å². The van der Waals surface area contributed by atoms with Crippen molar-refractivity contribution in [1.29, 1.82) is 5.26 Å². The highest BCUT2D eigenvalue weighted by atomic mass is 16.6. The molecule has 8 heteroatoms. The Morgan fingerprint density at radius 3 is 2.85 bits per heavy atom. The Hall–Kier alpha value is -3.34. The molecule has 0 aliphatic heterocycles. The molecule has 0 saturated carbocycles. The molecule has 0 N–H and O–H groups in total. The number of nitro benzene ring substituents is 1. The first-order valence-corrected chi connectivity index (χ1v) is 5.55. The zero-order chi connectivity index (χ0) is 14.1. The molecule has 0 fully saturated rings. The van der Waals surface area contributed by atoms with E-state index in [9.17, 15) is 10.1 Å². The first-order chi connectivity index (χ1) is 9.70. The fourth-order valence-electron chi connectivity index (χ4n) is 1.92. The Labute approximate surface area is 112 Å². The highest BCUT2D eigenvalue weighted by Gasteiger charge is 2.15. The summed E-state index contributed by atoms with van der Waals surface area (Å²) in [7, 11) is 0. The topological polar surface area (TPSA) is 111 Å². The summed E-state index contributed by atoms with van der Waals surface area (Å²) in [5.41, 5.74) is 0.765. The fraction of sp³-hybridized carbons (Fsp3) is 0. The van der Waals surface area contributed by atoms with Crippen LogP contribution >= 0.6 is 0 Å². The third-order valence-electron chi connectivity index (χ3n) is 2.76. The summed E-state index contributed by atoms with van der Waals surface area (Å²) in [6.45, 7) is 0. The van der Waals surface area contributed by atoms with Crippen LogP contribution < -0.4 is 0 Å². The Morgan fingerprint density at radius 1 is 1.30 bits per heavy atom. The average Bonchev–Trinajstić information content (AvgIpc) is 2.94. The lowest BCUT2D eigenvalue weighted by Gasteiger charge is -2.05. The summed E-state index contributed by atoms with van der Waals surface area (Å²) < 4.78 is 1.40. The molecular formula is C12H6N6O2. The van der Waals surface area contributed by atoms with Crippen LogP contribution in [0.2, 0.25) is 0 Å². The standard InChI is InChI=1S/C12H6N6O2/c13-6-11-15-7-17(16-11)9-4-5-14-12-8(9)2-1-3-10(12)18(19)20/h1-5,7H. The van der Waals surface area contributed by atoms with Crippen LogP contribution in [0.5, 0.6) is 0 Å². The second-order valence-electron chi connectivity index (χ2n) is 3.89. The van der Waals surface area contributed by atoms with Crippen molar-refractivity contribution in [1.82, 2.24) is 19.7 Å². The van der Waals surface area contributed by atoms with E-state index in [0.717, 1.165) is 0 Å². The van der Waals surface area contributed by atoms with Crippen molar-refractivity contribution < 1.29 is 4.92 Å². The summed E-state index contributed by atoms with van der Waals surface area (Å²) in [5, 5.41) is 24.3. The molecule has 0 saturated heterocycles. The molecule has 96 valence electrons. The van der Waals surface area contributed by atoms with E-state index in [1.165, 1.54) is 23.3 Å². The van der Waals surface area contributed by atoms with Gasteiger partial charge in [0.15, 0.2) is 0 Å². The molecule has 0 unspecified atom stereocenters. The minimum atomic E-state index is -0.485. The third-order valence-corrected chi connectivity index (χ3v) is 2.76. The summed E-state index contributed by atoms with van der Waals surface area (Å²) in [6.07, 6.45) is 2.84. The number of rotatable bonds is 2. The molecular weight excluding hydrogens is 260 g/mol. The summed E-state index contributed by atoms with van der Waals surface area (Å²) >= 11 is 0. The number of non-ortho nitro benzene ring substituents is 1. The predicted molar refractivity (Wildman–Crippen MR) is 68.0 cm³/mol. The van der Waals surface area contributed by atoms with E-state index in [1.54, 1.807) is 18.2 Å². The zero-order valence-corrected chi connectivity index (χ0v) is 9.96. The van der Waals surface area contributed by atoms with Gasteiger partial charge in [-0.05, 0) is 6.07 Å². The van der Waals surface area contributed by atoms with Crippen molar-refractivity contribution in [3.8, 4) is 11.8 Å². The van der Waals surface area contributed by atoms with Crippen molar-refractivity contribution in [3.63, 3.8) is 0 Å². The van der Waals surface area contributed by atoms with Gasteiger partial charge < -0.3 is 0 Å². The lowest BCUT2D eigenvalue weighted by molar-refractivity contribution is -0.383. The van der Waals surface area contributed by atoms with Crippen LogP contribution in [0.1, 0.15) is 5.82 Å². The minimum Gasteiger partial charge on any atom is -0.258 e.